The second-order valence-electron chi connectivity index (χ2n) is 7.72. The fraction of sp³-hybridized carbons (Fsp3) is 0.944. The first-order valence-corrected chi connectivity index (χ1v) is 9.76. The first kappa shape index (κ1) is 16.6. The minimum atomic E-state index is 0.476. The van der Waals surface area contributed by atoms with Gasteiger partial charge in [0.2, 0.25) is 0 Å². The van der Waals surface area contributed by atoms with Crippen LogP contribution in [0.4, 0.5) is 0 Å². The van der Waals surface area contributed by atoms with Crippen LogP contribution in [0.15, 0.2) is 4.99 Å². The highest BCUT2D eigenvalue weighted by Crippen LogP contribution is 2.47. The molecule has 0 spiro atoms. The Morgan fingerprint density at radius 1 is 1.17 bits per heavy atom. The van der Waals surface area contributed by atoms with Crippen LogP contribution in [-0.4, -0.2) is 86.5 Å². The number of guanidine groups is 1. The summed E-state index contributed by atoms with van der Waals surface area (Å²) in [6, 6.07) is 0.476. The summed E-state index contributed by atoms with van der Waals surface area (Å²) >= 11 is 0. The summed E-state index contributed by atoms with van der Waals surface area (Å²) in [5, 5.41) is 3.51. The molecular formula is C18H32N4O2. The summed E-state index contributed by atoms with van der Waals surface area (Å²) in [6.07, 6.45) is 3.56. The predicted molar refractivity (Wildman–Crippen MR) is 94.3 cm³/mol. The largest absolute Gasteiger partial charge is 0.379 e. The molecule has 0 aromatic rings. The van der Waals surface area contributed by atoms with Gasteiger partial charge in [-0.25, -0.2) is 0 Å². The zero-order valence-electron chi connectivity index (χ0n) is 15.1. The molecule has 24 heavy (non-hydrogen) atoms. The summed E-state index contributed by atoms with van der Waals surface area (Å²) in [6.45, 7) is 12.2. The van der Waals surface area contributed by atoms with Crippen LogP contribution in [0.3, 0.4) is 0 Å². The second-order valence-corrected chi connectivity index (χ2v) is 7.72. The van der Waals surface area contributed by atoms with Crippen molar-refractivity contribution < 1.29 is 9.47 Å². The molecule has 0 aromatic carbocycles. The first-order valence-electron chi connectivity index (χ1n) is 9.76. The number of morpholine rings is 1. The van der Waals surface area contributed by atoms with Crippen molar-refractivity contribution in [3.63, 3.8) is 0 Å². The Bertz CT molecular complexity index is 448. The van der Waals surface area contributed by atoms with Gasteiger partial charge in [-0.3, -0.25) is 9.89 Å². The van der Waals surface area contributed by atoms with Gasteiger partial charge in [-0.2, -0.15) is 0 Å². The van der Waals surface area contributed by atoms with Crippen LogP contribution < -0.4 is 5.32 Å². The highest BCUT2D eigenvalue weighted by Gasteiger charge is 2.53. The third-order valence-electron chi connectivity index (χ3n) is 6.26. The monoisotopic (exact) mass is 336 g/mol. The maximum Gasteiger partial charge on any atom is 0.193 e. The number of nitrogens with zero attached hydrogens (tertiary/aromatic N) is 3. The predicted octanol–water partition coefficient (Wildman–Crippen LogP) is 0.782. The van der Waals surface area contributed by atoms with E-state index in [0.717, 1.165) is 70.3 Å². The van der Waals surface area contributed by atoms with E-state index in [2.05, 4.69) is 29.0 Å². The van der Waals surface area contributed by atoms with Gasteiger partial charge in [0.15, 0.2) is 5.96 Å². The fourth-order valence-electron chi connectivity index (χ4n) is 4.91. The van der Waals surface area contributed by atoms with Crippen molar-refractivity contribution in [1.29, 1.82) is 0 Å². The fourth-order valence-corrected chi connectivity index (χ4v) is 4.91. The van der Waals surface area contributed by atoms with Crippen LogP contribution in [0.5, 0.6) is 0 Å². The van der Waals surface area contributed by atoms with E-state index in [4.69, 9.17) is 14.5 Å². The Morgan fingerprint density at radius 2 is 1.83 bits per heavy atom. The minimum absolute atomic E-state index is 0.476. The van der Waals surface area contributed by atoms with Crippen molar-refractivity contribution in [2.45, 2.75) is 44.9 Å². The average Bonchev–Trinajstić information content (AvgIpc) is 3.31. The molecule has 4 saturated heterocycles. The average molecular weight is 336 g/mol. The number of hydrogen-bond donors (Lipinski definition) is 1. The van der Waals surface area contributed by atoms with E-state index in [9.17, 15) is 0 Å². The van der Waals surface area contributed by atoms with E-state index in [0.29, 0.717) is 18.2 Å². The third-order valence-corrected chi connectivity index (χ3v) is 6.26. The third kappa shape index (κ3) is 3.16. The molecule has 5 unspecified atom stereocenters. The van der Waals surface area contributed by atoms with Gasteiger partial charge in [0.05, 0.1) is 32.0 Å². The minimum Gasteiger partial charge on any atom is -0.379 e. The van der Waals surface area contributed by atoms with Gasteiger partial charge in [-0.1, -0.05) is 0 Å². The number of rotatable bonds is 4. The zero-order chi connectivity index (χ0) is 16.5. The van der Waals surface area contributed by atoms with E-state index in [-0.39, 0.29) is 0 Å². The topological polar surface area (TPSA) is 49.3 Å². The van der Waals surface area contributed by atoms with Crippen molar-refractivity contribution in [1.82, 2.24) is 15.1 Å². The molecule has 4 rings (SSSR count). The van der Waals surface area contributed by atoms with Crippen LogP contribution in [-0.2, 0) is 9.47 Å². The summed E-state index contributed by atoms with van der Waals surface area (Å²) in [5.74, 6) is 2.56. The zero-order valence-corrected chi connectivity index (χ0v) is 15.1. The van der Waals surface area contributed by atoms with E-state index >= 15 is 0 Å². The summed E-state index contributed by atoms with van der Waals surface area (Å²) in [4.78, 5) is 9.95. The highest BCUT2D eigenvalue weighted by atomic mass is 16.5. The molecule has 6 nitrogen and oxygen atoms in total. The van der Waals surface area contributed by atoms with Crippen molar-refractivity contribution in [3.05, 3.63) is 0 Å². The molecule has 4 aliphatic heterocycles. The Hall–Kier alpha value is -0.850. The summed E-state index contributed by atoms with van der Waals surface area (Å²) in [7, 11) is 0. The lowest BCUT2D eigenvalue weighted by Gasteiger charge is -2.32. The molecule has 0 saturated carbocycles. The maximum atomic E-state index is 6.10. The molecule has 0 aromatic heterocycles. The van der Waals surface area contributed by atoms with Crippen molar-refractivity contribution in [2.75, 3.05) is 52.5 Å². The molecule has 5 atom stereocenters. The van der Waals surface area contributed by atoms with E-state index in [1.54, 1.807) is 0 Å². The van der Waals surface area contributed by atoms with Gasteiger partial charge in [0.1, 0.15) is 0 Å². The molecule has 4 aliphatic rings. The molecule has 6 heteroatoms. The number of nitrogens with one attached hydrogen (secondary N) is 1. The van der Waals surface area contributed by atoms with Gasteiger partial charge in [-0.05, 0) is 26.7 Å². The standard InChI is InChI=1S/C18H32N4O2/c1-3-19-18(20-10-13(2)21-6-8-23-9-7-21)22-11-14-15(12-22)17-5-4-16(14)24-17/h13-17H,3-12H2,1-2H3,(H,19,20). The SMILES string of the molecule is CCNC(=NCC(C)N1CCOCC1)N1CC2C3CCC(O3)C2C1. The van der Waals surface area contributed by atoms with E-state index in [1.807, 2.05) is 0 Å². The van der Waals surface area contributed by atoms with Gasteiger partial charge in [-0.15, -0.1) is 0 Å². The molecule has 0 radical (unpaired) electrons. The normalized spacial score (nSPS) is 37.8. The maximum absolute atomic E-state index is 6.10. The van der Waals surface area contributed by atoms with Crippen LogP contribution in [0.25, 0.3) is 0 Å². The molecule has 0 aliphatic carbocycles. The van der Waals surface area contributed by atoms with Crippen molar-refractivity contribution in [2.24, 2.45) is 16.8 Å². The second kappa shape index (κ2) is 7.18. The Morgan fingerprint density at radius 3 is 2.46 bits per heavy atom. The number of ether oxygens (including phenoxy) is 2. The lowest BCUT2D eigenvalue weighted by Crippen LogP contribution is -2.45. The number of fused-ring (bicyclic) bond motifs is 5. The van der Waals surface area contributed by atoms with Crippen molar-refractivity contribution >= 4 is 5.96 Å². The number of hydrogen-bond acceptors (Lipinski definition) is 4. The lowest BCUT2D eigenvalue weighted by atomic mass is 9.82. The van der Waals surface area contributed by atoms with E-state index < -0.39 is 0 Å². The van der Waals surface area contributed by atoms with Crippen LogP contribution >= 0.6 is 0 Å². The summed E-state index contributed by atoms with van der Waals surface area (Å²) in [5.41, 5.74) is 0. The quantitative estimate of drug-likeness (QED) is 0.607. The van der Waals surface area contributed by atoms with Crippen LogP contribution in [0.2, 0.25) is 0 Å². The Kier molecular flexibility index (Phi) is 4.97. The Labute approximate surface area is 145 Å². The number of aliphatic imine (C=N–C) groups is 1. The van der Waals surface area contributed by atoms with Crippen LogP contribution in [0, 0.1) is 11.8 Å². The summed E-state index contributed by atoms with van der Waals surface area (Å²) < 4.78 is 11.6. The lowest BCUT2D eigenvalue weighted by molar-refractivity contribution is 0.0220. The highest BCUT2D eigenvalue weighted by molar-refractivity contribution is 5.80. The Balaban J connectivity index is 1.37. The van der Waals surface area contributed by atoms with Crippen LogP contribution in [0.1, 0.15) is 26.7 Å². The van der Waals surface area contributed by atoms with Gasteiger partial charge < -0.3 is 19.7 Å². The smallest absolute Gasteiger partial charge is 0.193 e. The molecule has 4 fully saturated rings. The molecule has 0 amide bonds. The van der Waals surface area contributed by atoms with Gasteiger partial charge in [0, 0.05) is 50.6 Å². The van der Waals surface area contributed by atoms with Gasteiger partial charge >= 0.3 is 0 Å². The molecule has 1 N–H and O–H groups in total. The van der Waals surface area contributed by atoms with Crippen molar-refractivity contribution in [3.8, 4) is 0 Å². The molecular weight excluding hydrogens is 304 g/mol. The molecule has 2 bridgehead atoms. The van der Waals surface area contributed by atoms with Gasteiger partial charge in [0.25, 0.3) is 0 Å². The van der Waals surface area contributed by atoms with E-state index in [1.165, 1.54) is 12.8 Å². The first-order chi connectivity index (χ1) is 11.8. The molecule has 4 heterocycles. The number of likely N-dealkylation sites (tertiary alicyclic amines) is 1. The molecule has 136 valence electrons.